The van der Waals surface area contributed by atoms with Gasteiger partial charge in [0.15, 0.2) is 6.61 Å². The second-order valence-corrected chi connectivity index (χ2v) is 7.12. The van der Waals surface area contributed by atoms with E-state index < -0.39 is 5.91 Å². The molecule has 2 fully saturated rings. The molecule has 6 nitrogen and oxygen atoms in total. The molecule has 2 aliphatic rings. The van der Waals surface area contributed by atoms with E-state index in [2.05, 4.69) is 10.5 Å². The summed E-state index contributed by atoms with van der Waals surface area (Å²) in [5, 5.41) is 6.40. The molecule has 2 aliphatic carbocycles. The Morgan fingerprint density at radius 2 is 2.22 bits per heavy atom. The molecule has 0 aromatic carbocycles. The number of rotatable bonds is 6. The first-order valence-corrected chi connectivity index (χ1v) is 8.43. The maximum absolute atomic E-state index is 11.9. The minimum absolute atomic E-state index is 0.226. The lowest BCUT2D eigenvalue weighted by Crippen LogP contribution is -2.23. The van der Waals surface area contributed by atoms with E-state index in [1.165, 1.54) is 19.3 Å². The molecule has 0 aliphatic heterocycles. The first-order chi connectivity index (χ1) is 11.0. The average Bonchev–Trinajstić information content (AvgIpc) is 3.21. The molecule has 1 N–H and O–H groups in total. The second-order valence-electron chi connectivity index (χ2n) is 7.12. The number of hydrogen-bond donors (Lipinski definition) is 1. The molecule has 0 radical (unpaired) electrons. The quantitative estimate of drug-likeness (QED) is 0.814. The van der Waals surface area contributed by atoms with E-state index >= 15 is 0 Å². The van der Waals surface area contributed by atoms with Gasteiger partial charge in [0.2, 0.25) is 5.88 Å². The van der Waals surface area contributed by atoms with Crippen LogP contribution in [0.1, 0.15) is 57.6 Å². The lowest BCUT2D eigenvalue weighted by Gasteiger charge is -2.20. The third-order valence-corrected chi connectivity index (χ3v) is 5.06. The number of hydrogen-bond acceptors (Lipinski definition) is 5. The first-order valence-electron chi connectivity index (χ1n) is 8.43. The maximum atomic E-state index is 11.9. The number of nitrogens with one attached hydrogen (secondary N) is 1. The van der Waals surface area contributed by atoms with Crippen LogP contribution in [-0.4, -0.2) is 23.6 Å². The predicted octanol–water partition coefficient (Wildman–Crippen LogP) is 3.11. The monoisotopic (exact) mass is 320 g/mol. The molecule has 1 aromatic rings. The van der Waals surface area contributed by atoms with Crippen molar-refractivity contribution in [2.24, 2.45) is 17.8 Å². The normalized spacial score (nSPS) is 25.8. The molecule has 0 saturated heterocycles. The summed E-state index contributed by atoms with van der Waals surface area (Å²) >= 11 is 0. The minimum Gasteiger partial charge on any atom is -0.456 e. The van der Waals surface area contributed by atoms with Gasteiger partial charge in [0.1, 0.15) is 0 Å². The topological polar surface area (TPSA) is 81.4 Å². The highest BCUT2D eigenvalue weighted by Gasteiger charge is 2.40. The minimum atomic E-state index is -0.405. The Morgan fingerprint density at radius 1 is 1.39 bits per heavy atom. The lowest BCUT2D eigenvalue weighted by atomic mass is 9.86. The highest BCUT2D eigenvalue weighted by molar-refractivity contribution is 5.91. The zero-order valence-electron chi connectivity index (χ0n) is 13.7. The van der Waals surface area contributed by atoms with Crippen LogP contribution in [-0.2, 0) is 14.3 Å². The van der Waals surface area contributed by atoms with Crippen LogP contribution in [0.4, 0.5) is 5.88 Å². The summed E-state index contributed by atoms with van der Waals surface area (Å²) in [4.78, 5) is 23.7. The van der Waals surface area contributed by atoms with Gasteiger partial charge in [-0.2, -0.15) is 0 Å². The molecule has 2 bridgehead atoms. The molecule has 1 amide bonds. The number of carbonyl (C=O) groups excluding carboxylic acids is 2. The van der Waals surface area contributed by atoms with Crippen LogP contribution < -0.4 is 5.32 Å². The van der Waals surface area contributed by atoms with E-state index in [1.807, 2.05) is 13.8 Å². The van der Waals surface area contributed by atoms with Crippen molar-refractivity contribution >= 4 is 17.8 Å². The number of anilines is 1. The molecule has 0 spiro atoms. The van der Waals surface area contributed by atoms with Crippen molar-refractivity contribution in [2.75, 3.05) is 11.9 Å². The Morgan fingerprint density at radius 3 is 2.83 bits per heavy atom. The van der Waals surface area contributed by atoms with Gasteiger partial charge in [-0.15, -0.1) is 0 Å². The van der Waals surface area contributed by atoms with Crippen LogP contribution in [0.3, 0.4) is 0 Å². The average molecular weight is 320 g/mol. The smallest absolute Gasteiger partial charge is 0.306 e. The summed E-state index contributed by atoms with van der Waals surface area (Å²) in [6.07, 6.45) is 5.40. The van der Waals surface area contributed by atoms with Crippen molar-refractivity contribution in [3.05, 3.63) is 11.8 Å². The van der Waals surface area contributed by atoms with Gasteiger partial charge in [-0.25, -0.2) is 0 Å². The molecule has 23 heavy (non-hydrogen) atoms. The van der Waals surface area contributed by atoms with Crippen molar-refractivity contribution < 1.29 is 18.8 Å². The number of aromatic nitrogens is 1. The molecular weight excluding hydrogens is 296 g/mol. The van der Waals surface area contributed by atoms with Crippen LogP contribution in [0.2, 0.25) is 0 Å². The fourth-order valence-corrected chi connectivity index (χ4v) is 3.84. The zero-order valence-corrected chi connectivity index (χ0v) is 13.7. The van der Waals surface area contributed by atoms with Gasteiger partial charge in [-0.3, -0.25) is 14.9 Å². The second kappa shape index (κ2) is 6.72. The Labute approximate surface area is 135 Å². The van der Waals surface area contributed by atoms with Crippen molar-refractivity contribution in [3.8, 4) is 0 Å². The van der Waals surface area contributed by atoms with Crippen molar-refractivity contribution in [1.82, 2.24) is 5.16 Å². The maximum Gasteiger partial charge on any atom is 0.306 e. The molecule has 6 heteroatoms. The van der Waals surface area contributed by atoms with E-state index in [1.54, 1.807) is 6.07 Å². The summed E-state index contributed by atoms with van der Waals surface area (Å²) in [5.41, 5.74) is 0.772. The van der Waals surface area contributed by atoms with Gasteiger partial charge < -0.3 is 9.26 Å². The van der Waals surface area contributed by atoms with E-state index in [4.69, 9.17) is 9.26 Å². The van der Waals surface area contributed by atoms with Gasteiger partial charge in [0.25, 0.3) is 5.91 Å². The summed E-state index contributed by atoms with van der Waals surface area (Å²) in [6, 6.07) is 1.68. The van der Waals surface area contributed by atoms with Gasteiger partial charge >= 0.3 is 5.97 Å². The van der Waals surface area contributed by atoms with Crippen molar-refractivity contribution in [1.29, 1.82) is 0 Å². The van der Waals surface area contributed by atoms with E-state index in [-0.39, 0.29) is 24.4 Å². The standard InChI is InChI=1S/C17H24N2O4/c1-10(2)14-8-16(23-19-14)18-15(20)9-22-17(21)7-13-6-11-3-4-12(13)5-11/h8,10-13H,3-7,9H2,1-2H3,(H,18,20)/t11-,12-,13+/m0/s1. The van der Waals surface area contributed by atoms with Crippen LogP contribution in [0, 0.1) is 17.8 Å². The van der Waals surface area contributed by atoms with Crippen molar-refractivity contribution in [2.45, 2.75) is 51.9 Å². The zero-order chi connectivity index (χ0) is 16.4. The summed E-state index contributed by atoms with van der Waals surface area (Å²) < 4.78 is 10.1. The molecular formula is C17H24N2O4. The van der Waals surface area contributed by atoms with Gasteiger partial charge in [0.05, 0.1) is 5.69 Å². The number of amides is 1. The third kappa shape index (κ3) is 3.92. The van der Waals surface area contributed by atoms with E-state index in [9.17, 15) is 9.59 Å². The highest BCUT2D eigenvalue weighted by atomic mass is 16.5. The number of fused-ring (bicyclic) bond motifs is 2. The Balaban J connectivity index is 1.39. The summed E-state index contributed by atoms with van der Waals surface area (Å²) in [6.45, 7) is 3.69. The fourth-order valence-electron chi connectivity index (χ4n) is 3.84. The largest absolute Gasteiger partial charge is 0.456 e. The van der Waals surface area contributed by atoms with Gasteiger partial charge in [0, 0.05) is 12.5 Å². The Kier molecular flexibility index (Phi) is 4.68. The number of carbonyl (C=O) groups is 2. The molecule has 0 unspecified atom stereocenters. The van der Waals surface area contributed by atoms with Crippen LogP contribution in [0.25, 0.3) is 0 Å². The Bertz CT molecular complexity index is 581. The number of ether oxygens (including phenoxy) is 1. The van der Waals surface area contributed by atoms with E-state index in [0.29, 0.717) is 18.3 Å². The molecule has 126 valence electrons. The van der Waals surface area contributed by atoms with Crippen molar-refractivity contribution in [3.63, 3.8) is 0 Å². The molecule has 1 aromatic heterocycles. The fraction of sp³-hybridized carbons (Fsp3) is 0.706. The van der Waals surface area contributed by atoms with E-state index in [0.717, 1.165) is 18.0 Å². The number of esters is 1. The number of nitrogens with zero attached hydrogens (tertiary/aromatic N) is 1. The first kappa shape index (κ1) is 16.0. The van der Waals surface area contributed by atoms with Gasteiger partial charge in [-0.05, 0) is 42.9 Å². The lowest BCUT2D eigenvalue weighted by molar-refractivity contribution is -0.148. The van der Waals surface area contributed by atoms with Crippen LogP contribution in [0.15, 0.2) is 10.6 Å². The van der Waals surface area contributed by atoms with Crippen LogP contribution in [0.5, 0.6) is 0 Å². The van der Waals surface area contributed by atoms with Crippen LogP contribution >= 0.6 is 0 Å². The predicted molar refractivity (Wildman–Crippen MR) is 83.7 cm³/mol. The third-order valence-electron chi connectivity index (χ3n) is 5.06. The molecule has 3 rings (SSSR count). The Hall–Kier alpha value is -1.85. The molecule has 2 saturated carbocycles. The SMILES string of the molecule is CC(C)c1cc(NC(=O)COC(=O)C[C@H]2C[C@H]3CC[C@H]2C3)on1. The highest BCUT2D eigenvalue weighted by Crippen LogP contribution is 2.49. The summed E-state index contributed by atoms with van der Waals surface area (Å²) in [5.74, 6) is 1.77. The summed E-state index contributed by atoms with van der Waals surface area (Å²) in [7, 11) is 0. The van der Waals surface area contributed by atoms with Gasteiger partial charge in [-0.1, -0.05) is 25.4 Å². The molecule has 1 heterocycles. The molecule has 3 atom stereocenters.